The summed E-state index contributed by atoms with van der Waals surface area (Å²) in [7, 11) is 0. The lowest BCUT2D eigenvalue weighted by atomic mass is 10.2. The summed E-state index contributed by atoms with van der Waals surface area (Å²) in [6, 6.07) is 16.9. The molecule has 2 aromatic carbocycles. The SMILES string of the molecule is CCOC(=O)c1cccc(N=Cc2cc(C)n(-c3ccc(Cl)cc3)c2C)c1. The van der Waals surface area contributed by atoms with Crippen LogP contribution < -0.4 is 0 Å². The van der Waals surface area contributed by atoms with E-state index in [1.54, 1.807) is 25.1 Å². The van der Waals surface area contributed by atoms with Gasteiger partial charge in [0.15, 0.2) is 0 Å². The maximum absolute atomic E-state index is 11.9. The van der Waals surface area contributed by atoms with Crippen molar-refractivity contribution in [3.05, 3.63) is 82.1 Å². The lowest BCUT2D eigenvalue weighted by Gasteiger charge is -2.09. The third kappa shape index (κ3) is 4.29. The van der Waals surface area contributed by atoms with Gasteiger partial charge in [0.1, 0.15) is 0 Å². The Morgan fingerprint density at radius 2 is 1.89 bits per heavy atom. The van der Waals surface area contributed by atoms with Crippen LogP contribution in [-0.2, 0) is 4.74 Å². The van der Waals surface area contributed by atoms with Crippen molar-refractivity contribution >= 4 is 29.5 Å². The van der Waals surface area contributed by atoms with E-state index in [0.717, 1.165) is 22.6 Å². The summed E-state index contributed by atoms with van der Waals surface area (Å²) in [5, 5.41) is 0.712. The summed E-state index contributed by atoms with van der Waals surface area (Å²) >= 11 is 5.99. The number of halogens is 1. The van der Waals surface area contributed by atoms with Gasteiger partial charge in [0.05, 0.1) is 17.9 Å². The Bertz CT molecular complexity index is 988. The molecule has 0 amide bonds. The van der Waals surface area contributed by atoms with Gasteiger partial charge in [-0.05, 0) is 69.3 Å². The molecule has 4 nitrogen and oxygen atoms in total. The van der Waals surface area contributed by atoms with Crippen LogP contribution in [0, 0.1) is 13.8 Å². The van der Waals surface area contributed by atoms with E-state index in [9.17, 15) is 4.79 Å². The molecule has 0 fully saturated rings. The average molecular weight is 381 g/mol. The van der Waals surface area contributed by atoms with Crippen molar-refractivity contribution in [2.45, 2.75) is 20.8 Å². The zero-order valence-corrected chi connectivity index (χ0v) is 16.3. The number of carbonyl (C=O) groups is 1. The Morgan fingerprint density at radius 1 is 1.15 bits per heavy atom. The third-order valence-corrected chi connectivity index (χ3v) is 4.52. The lowest BCUT2D eigenvalue weighted by molar-refractivity contribution is 0.0526. The van der Waals surface area contributed by atoms with Crippen molar-refractivity contribution in [3.63, 3.8) is 0 Å². The molecule has 3 aromatic rings. The van der Waals surface area contributed by atoms with Crippen LogP contribution in [0.15, 0.2) is 59.6 Å². The fourth-order valence-electron chi connectivity index (χ4n) is 2.98. The molecule has 0 atom stereocenters. The van der Waals surface area contributed by atoms with E-state index in [-0.39, 0.29) is 5.97 Å². The standard InChI is InChI=1S/C22H21ClN2O2/c1-4-27-22(26)17-6-5-7-20(13-17)24-14-18-12-15(2)25(16(18)3)21-10-8-19(23)9-11-21/h5-14H,4H2,1-3H3. The summed E-state index contributed by atoms with van der Waals surface area (Å²) in [5.41, 5.74) is 5.47. The first-order chi connectivity index (χ1) is 13.0. The molecule has 0 aliphatic heterocycles. The van der Waals surface area contributed by atoms with E-state index in [1.807, 2.05) is 36.5 Å². The van der Waals surface area contributed by atoms with Crippen LogP contribution in [-0.4, -0.2) is 23.4 Å². The maximum Gasteiger partial charge on any atom is 0.338 e. The Hall–Kier alpha value is -2.85. The highest BCUT2D eigenvalue weighted by atomic mass is 35.5. The summed E-state index contributed by atoms with van der Waals surface area (Å²) < 4.78 is 7.20. The van der Waals surface area contributed by atoms with Crippen LogP contribution in [0.1, 0.15) is 34.2 Å². The first-order valence-electron chi connectivity index (χ1n) is 8.75. The number of hydrogen-bond donors (Lipinski definition) is 0. The fourth-order valence-corrected chi connectivity index (χ4v) is 3.10. The van der Waals surface area contributed by atoms with Gasteiger partial charge in [0.25, 0.3) is 0 Å². The van der Waals surface area contributed by atoms with E-state index in [4.69, 9.17) is 16.3 Å². The predicted molar refractivity (Wildman–Crippen MR) is 110 cm³/mol. The second-order valence-electron chi connectivity index (χ2n) is 6.17. The van der Waals surface area contributed by atoms with Gasteiger partial charge in [-0.25, -0.2) is 4.79 Å². The molecule has 0 aliphatic rings. The molecule has 138 valence electrons. The second-order valence-corrected chi connectivity index (χ2v) is 6.60. The van der Waals surface area contributed by atoms with Crippen molar-refractivity contribution in [2.24, 2.45) is 4.99 Å². The minimum absolute atomic E-state index is 0.338. The number of benzene rings is 2. The van der Waals surface area contributed by atoms with Gasteiger partial charge in [-0.15, -0.1) is 0 Å². The first-order valence-corrected chi connectivity index (χ1v) is 9.13. The van der Waals surface area contributed by atoms with Crippen molar-refractivity contribution in [2.75, 3.05) is 6.61 Å². The van der Waals surface area contributed by atoms with E-state index in [2.05, 4.69) is 29.5 Å². The molecule has 5 heteroatoms. The Balaban J connectivity index is 1.88. The molecule has 27 heavy (non-hydrogen) atoms. The van der Waals surface area contributed by atoms with E-state index < -0.39 is 0 Å². The molecule has 0 spiro atoms. The first kappa shape index (κ1) is 18.9. The molecule has 0 saturated heterocycles. The van der Waals surface area contributed by atoms with Gasteiger partial charge in [-0.3, -0.25) is 4.99 Å². The number of hydrogen-bond acceptors (Lipinski definition) is 3. The quantitative estimate of drug-likeness (QED) is 0.422. The number of aliphatic imine (C=N–C) groups is 1. The molecule has 0 aliphatic carbocycles. The number of carbonyl (C=O) groups excluding carboxylic acids is 1. The van der Waals surface area contributed by atoms with Gasteiger partial charge in [0, 0.05) is 33.9 Å². The van der Waals surface area contributed by atoms with Crippen molar-refractivity contribution in [1.29, 1.82) is 0 Å². The number of esters is 1. The zero-order chi connectivity index (χ0) is 19.4. The van der Waals surface area contributed by atoms with Gasteiger partial charge >= 0.3 is 5.97 Å². The molecule has 3 rings (SSSR count). The minimum atomic E-state index is -0.338. The molecule has 0 bridgehead atoms. The zero-order valence-electron chi connectivity index (χ0n) is 15.6. The lowest BCUT2D eigenvalue weighted by Crippen LogP contribution is -2.03. The fraction of sp³-hybridized carbons (Fsp3) is 0.182. The summed E-state index contributed by atoms with van der Waals surface area (Å²) in [5.74, 6) is -0.338. The number of rotatable bonds is 5. The normalized spacial score (nSPS) is 11.1. The highest BCUT2D eigenvalue weighted by molar-refractivity contribution is 6.30. The molecule has 0 unspecified atom stereocenters. The van der Waals surface area contributed by atoms with Crippen LogP contribution in [0.25, 0.3) is 5.69 Å². The highest BCUT2D eigenvalue weighted by Crippen LogP contribution is 2.22. The van der Waals surface area contributed by atoms with Gasteiger partial charge in [0.2, 0.25) is 0 Å². The Kier molecular flexibility index (Phi) is 5.77. The van der Waals surface area contributed by atoms with Crippen LogP contribution in [0.5, 0.6) is 0 Å². The third-order valence-electron chi connectivity index (χ3n) is 4.27. The van der Waals surface area contributed by atoms with E-state index >= 15 is 0 Å². The summed E-state index contributed by atoms with van der Waals surface area (Å²) in [4.78, 5) is 16.4. The number of aromatic nitrogens is 1. The van der Waals surface area contributed by atoms with Crippen molar-refractivity contribution < 1.29 is 9.53 Å². The van der Waals surface area contributed by atoms with Crippen LogP contribution >= 0.6 is 11.6 Å². The van der Waals surface area contributed by atoms with Gasteiger partial charge < -0.3 is 9.30 Å². The van der Waals surface area contributed by atoms with E-state index in [1.165, 1.54) is 0 Å². The van der Waals surface area contributed by atoms with Crippen molar-refractivity contribution in [1.82, 2.24) is 4.57 Å². The van der Waals surface area contributed by atoms with Crippen LogP contribution in [0.4, 0.5) is 5.69 Å². The summed E-state index contributed by atoms with van der Waals surface area (Å²) in [6.45, 7) is 6.25. The average Bonchev–Trinajstić information content (AvgIpc) is 2.95. The monoisotopic (exact) mass is 380 g/mol. The summed E-state index contributed by atoms with van der Waals surface area (Å²) in [6.07, 6.45) is 1.82. The maximum atomic E-state index is 11.9. The molecular weight excluding hydrogens is 360 g/mol. The highest BCUT2D eigenvalue weighted by Gasteiger charge is 2.10. The van der Waals surface area contributed by atoms with Gasteiger partial charge in [-0.2, -0.15) is 0 Å². The predicted octanol–water partition coefficient (Wildman–Crippen LogP) is 5.67. The molecular formula is C22H21ClN2O2. The smallest absolute Gasteiger partial charge is 0.338 e. The van der Waals surface area contributed by atoms with Crippen LogP contribution in [0.3, 0.4) is 0 Å². The number of ether oxygens (including phenoxy) is 1. The van der Waals surface area contributed by atoms with Gasteiger partial charge in [-0.1, -0.05) is 17.7 Å². The van der Waals surface area contributed by atoms with Crippen LogP contribution in [0.2, 0.25) is 5.02 Å². The Labute approximate surface area is 164 Å². The minimum Gasteiger partial charge on any atom is -0.462 e. The number of nitrogens with zero attached hydrogens (tertiary/aromatic N) is 2. The molecule has 0 radical (unpaired) electrons. The molecule has 1 aromatic heterocycles. The van der Waals surface area contributed by atoms with Crippen molar-refractivity contribution in [3.8, 4) is 5.69 Å². The molecule has 1 heterocycles. The largest absolute Gasteiger partial charge is 0.462 e. The molecule has 0 N–H and O–H groups in total. The second kappa shape index (κ2) is 8.23. The number of aryl methyl sites for hydroxylation is 1. The Morgan fingerprint density at radius 3 is 2.59 bits per heavy atom. The molecule has 0 saturated carbocycles. The van der Waals surface area contributed by atoms with E-state index in [0.29, 0.717) is 22.9 Å². The topological polar surface area (TPSA) is 43.6 Å².